The van der Waals surface area contributed by atoms with Gasteiger partial charge in [0.15, 0.2) is 0 Å². The second-order valence-corrected chi connectivity index (χ2v) is 10.00. The number of amides is 1. The van der Waals surface area contributed by atoms with Crippen LogP contribution in [0.5, 0.6) is 5.75 Å². The van der Waals surface area contributed by atoms with Crippen LogP contribution in [0, 0.1) is 11.8 Å². The van der Waals surface area contributed by atoms with Crippen LogP contribution in [-0.4, -0.2) is 34.5 Å². The molecule has 8 heteroatoms. The number of benzene rings is 2. The van der Waals surface area contributed by atoms with Crippen molar-refractivity contribution in [2.45, 2.75) is 37.5 Å². The Morgan fingerprint density at radius 1 is 1.10 bits per heavy atom. The summed E-state index contributed by atoms with van der Waals surface area (Å²) in [6.07, 6.45) is 4.07. The number of nitrogens with zero attached hydrogens (tertiary/aromatic N) is 1. The second-order valence-electron chi connectivity index (χ2n) is 8.34. The number of nitrogens with one attached hydrogen (secondary N) is 2. The van der Waals surface area contributed by atoms with Gasteiger partial charge in [0.25, 0.3) is 10.0 Å². The minimum atomic E-state index is -3.92. The molecule has 166 valence electrons. The van der Waals surface area contributed by atoms with E-state index in [0.717, 1.165) is 38.8 Å². The van der Waals surface area contributed by atoms with Crippen molar-refractivity contribution in [3.8, 4) is 5.75 Å². The van der Waals surface area contributed by atoms with Gasteiger partial charge in [-0.25, -0.2) is 8.42 Å². The molecule has 1 saturated heterocycles. The van der Waals surface area contributed by atoms with Crippen molar-refractivity contribution in [3.63, 3.8) is 0 Å². The summed E-state index contributed by atoms with van der Waals surface area (Å²) in [7, 11) is -2.42. The van der Waals surface area contributed by atoms with Crippen LogP contribution >= 0.6 is 0 Å². The Labute approximate surface area is 183 Å². The lowest BCUT2D eigenvalue weighted by atomic mass is 10.1. The largest absolute Gasteiger partial charge is 0.495 e. The molecule has 1 amide bonds. The third-order valence-corrected chi connectivity index (χ3v) is 7.41. The van der Waals surface area contributed by atoms with E-state index in [2.05, 4.69) is 14.9 Å². The maximum Gasteiger partial charge on any atom is 0.264 e. The highest BCUT2D eigenvalue weighted by molar-refractivity contribution is 7.93. The molecule has 0 unspecified atom stereocenters. The van der Waals surface area contributed by atoms with Gasteiger partial charge in [0.2, 0.25) is 5.91 Å². The van der Waals surface area contributed by atoms with E-state index in [0.29, 0.717) is 28.7 Å². The van der Waals surface area contributed by atoms with Crippen LogP contribution in [0.3, 0.4) is 0 Å². The van der Waals surface area contributed by atoms with Crippen LogP contribution in [-0.2, 0) is 14.8 Å². The summed E-state index contributed by atoms with van der Waals surface area (Å²) in [5, 5.41) is 2.89. The normalized spacial score (nSPS) is 20.8. The molecule has 2 atom stereocenters. The Hall–Kier alpha value is -2.74. The van der Waals surface area contributed by atoms with E-state index in [1.54, 1.807) is 42.5 Å². The van der Waals surface area contributed by atoms with Gasteiger partial charge in [-0.15, -0.1) is 0 Å². The van der Waals surface area contributed by atoms with Gasteiger partial charge in [0, 0.05) is 24.7 Å². The average molecular weight is 444 g/mol. The van der Waals surface area contributed by atoms with Crippen molar-refractivity contribution in [1.29, 1.82) is 0 Å². The van der Waals surface area contributed by atoms with Gasteiger partial charge in [-0.3, -0.25) is 9.52 Å². The van der Waals surface area contributed by atoms with Gasteiger partial charge < -0.3 is 15.0 Å². The lowest BCUT2D eigenvalue weighted by Gasteiger charge is -2.30. The van der Waals surface area contributed by atoms with Crippen molar-refractivity contribution >= 4 is 33.0 Å². The number of hydrogen-bond acceptors (Lipinski definition) is 5. The first-order chi connectivity index (χ1) is 14.9. The highest BCUT2D eigenvalue weighted by Gasteiger charge is 2.39. The van der Waals surface area contributed by atoms with Gasteiger partial charge >= 0.3 is 0 Å². The molecular weight excluding hydrogens is 414 g/mol. The Bertz CT molecular complexity index is 1060. The Morgan fingerprint density at radius 2 is 1.81 bits per heavy atom. The molecule has 0 aromatic heterocycles. The Balaban J connectivity index is 1.69. The van der Waals surface area contributed by atoms with Gasteiger partial charge in [0.1, 0.15) is 10.6 Å². The highest BCUT2D eigenvalue weighted by Crippen LogP contribution is 2.39. The number of hydrogen-bond donors (Lipinski definition) is 2. The van der Waals surface area contributed by atoms with E-state index in [-0.39, 0.29) is 16.7 Å². The van der Waals surface area contributed by atoms with Crippen LogP contribution < -0.4 is 19.7 Å². The van der Waals surface area contributed by atoms with Gasteiger partial charge in [-0.2, -0.15) is 0 Å². The highest BCUT2D eigenvalue weighted by atomic mass is 32.2. The number of para-hydroxylation sites is 2. The number of rotatable bonds is 7. The van der Waals surface area contributed by atoms with Crippen molar-refractivity contribution in [3.05, 3.63) is 42.5 Å². The first-order valence-corrected chi connectivity index (χ1v) is 12.2. The SMILES string of the molecule is COc1ccccc1NS(=O)(=O)c1cc(NC(=O)[C@@H]2C[C@@H]2C)ccc1N1CCCCC1. The monoisotopic (exact) mass is 443 g/mol. The van der Waals surface area contributed by atoms with Crippen LogP contribution in [0.1, 0.15) is 32.6 Å². The fraction of sp³-hybridized carbons (Fsp3) is 0.435. The molecule has 2 aromatic rings. The standard InChI is InChI=1S/C23H29N3O4S/c1-16-14-18(16)23(27)24-17-10-11-20(26-12-6-3-7-13-26)22(15-17)31(28,29)25-19-8-4-5-9-21(19)30-2/h4-5,8-11,15-16,18,25H,3,6-7,12-14H2,1-2H3,(H,24,27)/t16-,18+/m0/s1. The molecule has 2 fully saturated rings. The predicted octanol–water partition coefficient (Wildman–Crippen LogP) is 4.08. The first-order valence-electron chi connectivity index (χ1n) is 10.7. The Kier molecular flexibility index (Phi) is 6.09. The number of anilines is 3. The van der Waals surface area contributed by atoms with E-state index >= 15 is 0 Å². The fourth-order valence-electron chi connectivity index (χ4n) is 4.05. The number of carbonyl (C=O) groups is 1. The number of ether oxygens (including phenoxy) is 1. The Morgan fingerprint density at radius 3 is 2.48 bits per heavy atom. The number of carbonyl (C=O) groups excluding carboxylic acids is 1. The molecule has 0 bridgehead atoms. The number of piperidine rings is 1. The van der Waals surface area contributed by atoms with Crippen LogP contribution in [0.4, 0.5) is 17.1 Å². The van der Waals surface area contributed by atoms with Crippen LogP contribution in [0.25, 0.3) is 0 Å². The summed E-state index contributed by atoms with van der Waals surface area (Å²) in [6.45, 7) is 3.65. The van der Waals surface area contributed by atoms with Crippen LogP contribution in [0.2, 0.25) is 0 Å². The smallest absolute Gasteiger partial charge is 0.264 e. The molecule has 4 rings (SSSR count). The molecule has 2 aromatic carbocycles. The second kappa shape index (κ2) is 8.78. The first kappa shape index (κ1) is 21.5. The summed E-state index contributed by atoms with van der Waals surface area (Å²) in [5.74, 6) is 0.772. The summed E-state index contributed by atoms with van der Waals surface area (Å²) in [4.78, 5) is 14.7. The van der Waals surface area contributed by atoms with Crippen molar-refractivity contribution in [2.24, 2.45) is 11.8 Å². The molecule has 0 spiro atoms. The maximum absolute atomic E-state index is 13.5. The zero-order valence-corrected chi connectivity index (χ0v) is 18.7. The van der Waals surface area contributed by atoms with E-state index in [4.69, 9.17) is 4.74 Å². The predicted molar refractivity (Wildman–Crippen MR) is 122 cm³/mol. The lowest BCUT2D eigenvalue weighted by molar-refractivity contribution is -0.117. The minimum Gasteiger partial charge on any atom is -0.495 e. The van der Waals surface area contributed by atoms with Crippen molar-refractivity contribution in [1.82, 2.24) is 0 Å². The third kappa shape index (κ3) is 4.79. The van der Waals surface area contributed by atoms with Crippen molar-refractivity contribution in [2.75, 3.05) is 35.1 Å². The summed E-state index contributed by atoms with van der Waals surface area (Å²) < 4.78 is 34.9. The molecule has 31 heavy (non-hydrogen) atoms. The summed E-state index contributed by atoms with van der Waals surface area (Å²) in [6, 6.07) is 12.1. The molecule has 2 aliphatic rings. The van der Waals surface area contributed by atoms with E-state index in [1.807, 2.05) is 6.92 Å². The maximum atomic E-state index is 13.5. The molecule has 1 aliphatic heterocycles. The average Bonchev–Trinajstić information content (AvgIpc) is 3.51. The molecule has 1 saturated carbocycles. The molecular formula is C23H29N3O4S. The number of methoxy groups -OCH3 is 1. The minimum absolute atomic E-state index is 0.00790. The molecule has 0 radical (unpaired) electrons. The molecule has 7 nitrogen and oxygen atoms in total. The molecule has 2 N–H and O–H groups in total. The summed E-state index contributed by atoms with van der Waals surface area (Å²) in [5.41, 5.74) is 1.51. The van der Waals surface area contributed by atoms with E-state index in [9.17, 15) is 13.2 Å². The lowest BCUT2D eigenvalue weighted by Crippen LogP contribution is -2.31. The van der Waals surface area contributed by atoms with Crippen molar-refractivity contribution < 1.29 is 17.9 Å². The van der Waals surface area contributed by atoms with Gasteiger partial charge in [-0.05, 0) is 61.9 Å². The third-order valence-electron chi connectivity index (χ3n) is 6.01. The van der Waals surface area contributed by atoms with Gasteiger partial charge in [0.05, 0.1) is 18.5 Å². The molecule has 1 aliphatic carbocycles. The van der Waals surface area contributed by atoms with Crippen LogP contribution in [0.15, 0.2) is 47.4 Å². The zero-order valence-electron chi connectivity index (χ0n) is 17.9. The number of sulfonamides is 1. The quantitative estimate of drug-likeness (QED) is 0.673. The molecule has 1 heterocycles. The van der Waals surface area contributed by atoms with Gasteiger partial charge in [-0.1, -0.05) is 19.1 Å². The topological polar surface area (TPSA) is 87.7 Å². The zero-order chi connectivity index (χ0) is 22.0. The fourth-order valence-corrected chi connectivity index (χ4v) is 5.38. The van der Waals surface area contributed by atoms with E-state index in [1.165, 1.54) is 7.11 Å². The summed E-state index contributed by atoms with van der Waals surface area (Å²) >= 11 is 0. The van der Waals surface area contributed by atoms with E-state index < -0.39 is 10.0 Å².